The fourth-order valence-corrected chi connectivity index (χ4v) is 7.88. The van der Waals surface area contributed by atoms with Crippen molar-refractivity contribution in [3.05, 3.63) is 29.5 Å². The molecule has 9 nitrogen and oxygen atoms in total. The molecule has 0 unspecified atom stereocenters. The topological polar surface area (TPSA) is 134 Å². The van der Waals surface area contributed by atoms with Crippen LogP contribution in [0.3, 0.4) is 0 Å². The highest BCUT2D eigenvalue weighted by Gasteiger charge is 2.55. The summed E-state index contributed by atoms with van der Waals surface area (Å²) in [6, 6.07) is 2.95. The van der Waals surface area contributed by atoms with Crippen molar-refractivity contribution in [2.75, 3.05) is 12.3 Å². The predicted octanol–water partition coefficient (Wildman–Crippen LogP) is 1.38. The maximum atomic E-state index is 13.4. The molecule has 4 rings (SSSR count). The number of furan rings is 1. The van der Waals surface area contributed by atoms with Crippen molar-refractivity contribution in [1.29, 1.82) is 0 Å². The Balaban J connectivity index is 1.81. The SMILES string of the molecule is CC1(C)[C@H](C(=O)NO)N(S(=O)(=O)c2ccc3c4c(oc3c2)CCCC4)CCS1(=O)=O. The molecule has 164 valence electrons. The second kappa shape index (κ2) is 7.04. The molecule has 2 aromatic rings. The van der Waals surface area contributed by atoms with Gasteiger partial charge in [0.2, 0.25) is 10.0 Å². The zero-order valence-electron chi connectivity index (χ0n) is 16.7. The van der Waals surface area contributed by atoms with Crippen LogP contribution in [-0.4, -0.2) is 55.3 Å². The smallest absolute Gasteiger partial charge is 0.263 e. The van der Waals surface area contributed by atoms with Crippen LogP contribution in [-0.2, 0) is 37.5 Å². The van der Waals surface area contributed by atoms with Gasteiger partial charge in [0.15, 0.2) is 9.84 Å². The highest BCUT2D eigenvalue weighted by Crippen LogP contribution is 2.37. The van der Waals surface area contributed by atoms with E-state index in [1.807, 2.05) is 0 Å². The quantitative estimate of drug-likeness (QED) is 0.526. The van der Waals surface area contributed by atoms with Gasteiger partial charge in [-0.1, -0.05) is 0 Å². The summed E-state index contributed by atoms with van der Waals surface area (Å²) in [5, 5.41) is 10.0. The van der Waals surface area contributed by atoms with E-state index < -0.39 is 48.9 Å². The first-order valence-corrected chi connectivity index (χ1v) is 12.8. The van der Waals surface area contributed by atoms with E-state index in [1.54, 1.807) is 6.07 Å². The van der Waals surface area contributed by atoms with E-state index in [0.717, 1.165) is 46.7 Å². The van der Waals surface area contributed by atoms with Crippen molar-refractivity contribution >= 4 is 36.7 Å². The van der Waals surface area contributed by atoms with E-state index in [4.69, 9.17) is 9.62 Å². The van der Waals surface area contributed by atoms with Crippen LogP contribution in [0.15, 0.2) is 27.5 Å². The lowest BCUT2D eigenvalue weighted by molar-refractivity contribution is -0.134. The number of carbonyl (C=O) groups excluding carboxylic acids is 1. The van der Waals surface area contributed by atoms with Crippen LogP contribution >= 0.6 is 0 Å². The molecule has 1 aliphatic carbocycles. The number of carbonyl (C=O) groups is 1. The molecule has 1 saturated heterocycles. The first kappa shape index (κ1) is 21.3. The number of hydrogen-bond donors (Lipinski definition) is 2. The molecule has 30 heavy (non-hydrogen) atoms. The number of benzene rings is 1. The molecule has 1 aromatic heterocycles. The lowest BCUT2D eigenvalue weighted by atomic mass is 9.96. The number of sulfonamides is 1. The Bertz CT molecular complexity index is 1230. The highest BCUT2D eigenvalue weighted by molar-refractivity contribution is 7.93. The molecular weight excluding hydrogens is 432 g/mol. The Morgan fingerprint density at radius 1 is 1.27 bits per heavy atom. The molecule has 2 aliphatic rings. The minimum Gasteiger partial charge on any atom is -0.461 e. The summed E-state index contributed by atoms with van der Waals surface area (Å²) in [5.74, 6) is -0.652. The van der Waals surface area contributed by atoms with Gasteiger partial charge < -0.3 is 4.42 Å². The van der Waals surface area contributed by atoms with Gasteiger partial charge in [-0.05, 0) is 45.2 Å². The fraction of sp³-hybridized carbons (Fsp3) is 0.526. The molecule has 1 aromatic carbocycles. The number of amides is 1. The molecule has 2 N–H and O–H groups in total. The minimum atomic E-state index is -4.24. The molecule has 1 amide bonds. The van der Waals surface area contributed by atoms with Crippen LogP contribution < -0.4 is 5.48 Å². The summed E-state index contributed by atoms with van der Waals surface area (Å²) in [6.45, 7) is 2.18. The standard InChI is InChI=1S/C19H24N2O7S2/c1-19(2)17(18(22)20-23)21(9-10-29(19,24)25)30(26,27)12-7-8-14-13-5-3-4-6-15(13)28-16(14)11-12/h7-8,11,17,23H,3-6,9-10H2,1-2H3,(H,20,22)/t17-/m0/s1. The monoisotopic (exact) mass is 456 g/mol. The molecule has 1 aliphatic heterocycles. The summed E-state index contributed by atoms with van der Waals surface area (Å²) in [5.41, 5.74) is 2.97. The summed E-state index contributed by atoms with van der Waals surface area (Å²) in [7, 11) is -8.02. The van der Waals surface area contributed by atoms with Crippen molar-refractivity contribution in [2.45, 2.75) is 55.2 Å². The second-order valence-electron chi connectivity index (χ2n) is 8.29. The highest BCUT2D eigenvalue weighted by atomic mass is 32.2. The second-order valence-corrected chi connectivity index (χ2v) is 12.9. The molecule has 0 spiro atoms. The molecule has 0 saturated carbocycles. The number of aryl methyl sites for hydroxylation is 2. The van der Waals surface area contributed by atoms with Crippen molar-refractivity contribution in [3.63, 3.8) is 0 Å². The van der Waals surface area contributed by atoms with Gasteiger partial charge in [-0.3, -0.25) is 10.0 Å². The number of hydrogen-bond acceptors (Lipinski definition) is 7. The Hall–Kier alpha value is -1.95. The lowest BCUT2D eigenvalue weighted by Crippen LogP contribution is -2.66. The summed E-state index contributed by atoms with van der Waals surface area (Å²) in [4.78, 5) is 12.3. The van der Waals surface area contributed by atoms with Crippen LogP contribution in [0.1, 0.15) is 38.0 Å². The zero-order valence-corrected chi connectivity index (χ0v) is 18.3. The fourth-order valence-electron chi connectivity index (χ4n) is 4.43. The van der Waals surface area contributed by atoms with Crippen LogP contribution in [0.5, 0.6) is 0 Å². The number of rotatable bonds is 3. The maximum absolute atomic E-state index is 13.4. The predicted molar refractivity (Wildman–Crippen MR) is 108 cm³/mol. The number of hydroxylamine groups is 1. The van der Waals surface area contributed by atoms with Gasteiger partial charge in [0.1, 0.15) is 17.4 Å². The van der Waals surface area contributed by atoms with Gasteiger partial charge in [-0.15, -0.1) is 0 Å². The van der Waals surface area contributed by atoms with E-state index in [2.05, 4.69) is 0 Å². The third kappa shape index (κ3) is 3.06. The van der Waals surface area contributed by atoms with Crippen LogP contribution in [0.4, 0.5) is 0 Å². The molecule has 1 atom stereocenters. The Kier molecular flexibility index (Phi) is 5.00. The number of sulfone groups is 1. The summed E-state index contributed by atoms with van der Waals surface area (Å²) < 4.78 is 56.9. The van der Waals surface area contributed by atoms with Gasteiger partial charge in [0.25, 0.3) is 5.91 Å². The van der Waals surface area contributed by atoms with Crippen molar-refractivity contribution in [3.8, 4) is 0 Å². The first-order valence-electron chi connectivity index (χ1n) is 9.73. The van der Waals surface area contributed by atoms with Crippen LogP contribution in [0.2, 0.25) is 0 Å². The van der Waals surface area contributed by atoms with E-state index in [0.29, 0.717) is 5.58 Å². The Morgan fingerprint density at radius 3 is 2.67 bits per heavy atom. The molecule has 11 heteroatoms. The normalized spacial score (nSPS) is 23.8. The first-order chi connectivity index (χ1) is 14.0. The lowest BCUT2D eigenvalue weighted by Gasteiger charge is -2.43. The van der Waals surface area contributed by atoms with Gasteiger partial charge in [0, 0.05) is 30.0 Å². The Labute approximate surface area is 175 Å². The van der Waals surface area contributed by atoms with Crippen LogP contribution in [0, 0.1) is 0 Å². The van der Waals surface area contributed by atoms with E-state index in [-0.39, 0.29) is 4.90 Å². The molecule has 1 fully saturated rings. The van der Waals surface area contributed by atoms with Gasteiger partial charge in [-0.25, -0.2) is 22.3 Å². The summed E-state index contributed by atoms with van der Waals surface area (Å²) >= 11 is 0. The minimum absolute atomic E-state index is 0.0908. The summed E-state index contributed by atoms with van der Waals surface area (Å²) in [6.07, 6.45) is 3.76. The number of nitrogens with zero attached hydrogens (tertiary/aromatic N) is 1. The van der Waals surface area contributed by atoms with Crippen LogP contribution in [0.25, 0.3) is 11.0 Å². The van der Waals surface area contributed by atoms with E-state index in [9.17, 15) is 21.6 Å². The number of fused-ring (bicyclic) bond motifs is 3. The van der Waals surface area contributed by atoms with Gasteiger partial charge in [-0.2, -0.15) is 4.31 Å². The third-order valence-corrected chi connectivity index (χ3v) is 10.6. The van der Waals surface area contributed by atoms with Gasteiger partial charge >= 0.3 is 0 Å². The molecule has 2 heterocycles. The van der Waals surface area contributed by atoms with Gasteiger partial charge in [0.05, 0.1) is 15.4 Å². The maximum Gasteiger partial charge on any atom is 0.263 e. The van der Waals surface area contributed by atoms with E-state index in [1.165, 1.54) is 31.5 Å². The average Bonchev–Trinajstić information content (AvgIpc) is 3.07. The molecule has 0 radical (unpaired) electrons. The Morgan fingerprint density at radius 2 is 1.97 bits per heavy atom. The molecular formula is C19H24N2O7S2. The third-order valence-electron chi connectivity index (χ3n) is 6.22. The van der Waals surface area contributed by atoms with Crippen molar-refractivity contribution < 1.29 is 31.3 Å². The number of nitrogens with one attached hydrogen (secondary N) is 1. The zero-order chi connectivity index (χ0) is 21.9. The largest absolute Gasteiger partial charge is 0.461 e. The molecule has 0 bridgehead atoms. The van der Waals surface area contributed by atoms with E-state index >= 15 is 0 Å². The average molecular weight is 457 g/mol. The van der Waals surface area contributed by atoms with Crippen molar-refractivity contribution in [2.24, 2.45) is 0 Å². The van der Waals surface area contributed by atoms with Crippen molar-refractivity contribution in [1.82, 2.24) is 9.79 Å².